The largest absolute Gasteiger partial charge is 0.481 e. The number of nitrogens with one attached hydrogen (secondary N) is 3. The quantitative estimate of drug-likeness (QED) is 0.660. The smallest absolute Gasteiger partial charge is 0.323 e. The van der Waals surface area contributed by atoms with Crippen LogP contribution in [0.25, 0.3) is 11.0 Å². The Bertz CT molecular complexity index is 654. The second-order valence-electron chi connectivity index (χ2n) is 5.21. The third kappa shape index (κ3) is 2.96. The highest BCUT2D eigenvalue weighted by Crippen LogP contribution is 2.21. The van der Waals surface area contributed by atoms with Gasteiger partial charge in [0.1, 0.15) is 0 Å². The van der Waals surface area contributed by atoms with Crippen molar-refractivity contribution < 1.29 is 9.90 Å². The fourth-order valence-electron chi connectivity index (χ4n) is 1.77. The highest BCUT2D eigenvalue weighted by molar-refractivity contribution is 5.78. The lowest BCUT2D eigenvalue weighted by Gasteiger charge is -2.19. The molecule has 0 atom stereocenters. The van der Waals surface area contributed by atoms with Crippen LogP contribution in [0.4, 0.5) is 5.69 Å². The Hall–Kier alpha value is -2.24. The molecule has 0 aliphatic rings. The summed E-state index contributed by atoms with van der Waals surface area (Å²) in [5.74, 6) is -0.806. The molecular weight excluding hydrogens is 246 g/mol. The Kier molecular flexibility index (Phi) is 3.33. The van der Waals surface area contributed by atoms with Gasteiger partial charge in [0.05, 0.1) is 16.4 Å². The lowest BCUT2D eigenvalue weighted by Crippen LogP contribution is -2.26. The molecule has 0 unspecified atom stereocenters. The van der Waals surface area contributed by atoms with Gasteiger partial charge in [-0.25, -0.2) is 4.79 Å². The normalized spacial score (nSPS) is 11.7. The second kappa shape index (κ2) is 4.79. The van der Waals surface area contributed by atoms with Gasteiger partial charge in [0.2, 0.25) is 0 Å². The number of anilines is 1. The van der Waals surface area contributed by atoms with Gasteiger partial charge in [0.15, 0.2) is 0 Å². The van der Waals surface area contributed by atoms with E-state index >= 15 is 0 Å². The minimum atomic E-state index is -0.806. The molecule has 6 nitrogen and oxygen atoms in total. The molecule has 0 aliphatic heterocycles. The maximum absolute atomic E-state index is 11.1. The number of aromatic nitrogens is 2. The Morgan fingerprint density at radius 1 is 1.32 bits per heavy atom. The summed E-state index contributed by atoms with van der Waals surface area (Å²) in [6.45, 7) is 3.95. The molecule has 4 N–H and O–H groups in total. The number of hydrogen-bond acceptors (Lipinski definition) is 3. The number of aliphatic carboxylic acids is 1. The van der Waals surface area contributed by atoms with Crippen LogP contribution >= 0.6 is 0 Å². The molecule has 6 heteroatoms. The van der Waals surface area contributed by atoms with Crippen LogP contribution < -0.4 is 11.0 Å². The number of H-pyrrole nitrogens is 2. The SMILES string of the molecule is CC(C)(CCNc1ccc2[nH]c(=O)[nH]c2c1)C(=O)O. The van der Waals surface area contributed by atoms with E-state index in [0.29, 0.717) is 13.0 Å². The average Bonchev–Trinajstić information content (AvgIpc) is 2.68. The standard InChI is InChI=1S/C13H17N3O3/c1-13(2,11(17)18)5-6-14-8-3-4-9-10(7-8)16-12(19)15-9/h3-4,7,14H,5-6H2,1-2H3,(H,17,18)(H2,15,16,19). The lowest BCUT2D eigenvalue weighted by atomic mass is 9.90. The molecule has 0 amide bonds. The monoisotopic (exact) mass is 263 g/mol. The predicted octanol–water partition coefficient (Wildman–Crippen LogP) is 1.77. The zero-order valence-corrected chi connectivity index (χ0v) is 10.9. The van der Waals surface area contributed by atoms with Crippen molar-refractivity contribution in [3.63, 3.8) is 0 Å². The van der Waals surface area contributed by atoms with Crippen LogP contribution in [-0.4, -0.2) is 27.6 Å². The number of benzene rings is 1. The van der Waals surface area contributed by atoms with Gasteiger partial charge in [-0.15, -0.1) is 0 Å². The van der Waals surface area contributed by atoms with Gasteiger partial charge in [-0.1, -0.05) is 0 Å². The Morgan fingerprint density at radius 3 is 2.68 bits per heavy atom. The van der Waals surface area contributed by atoms with Gasteiger partial charge in [-0.2, -0.15) is 0 Å². The topological polar surface area (TPSA) is 98.0 Å². The van der Waals surface area contributed by atoms with Crippen molar-refractivity contribution in [2.75, 3.05) is 11.9 Å². The van der Waals surface area contributed by atoms with Crippen LogP contribution in [0.3, 0.4) is 0 Å². The summed E-state index contributed by atoms with van der Waals surface area (Å²) in [5, 5.41) is 12.2. The van der Waals surface area contributed by atoms with E-state index in [9.17, 15) is 9.59 Å². The number of rotatable bonds is 5. The molecule has 0 saturated heterocycles. The maximum Gasteiger partial charge on any atom is 0.323 e. The van der Waals surface area contributed by atoms with Crippen LogP contribution in [0.5, 0.6) is 0 Å². The summed E-state index contributed by atoms with van der Waals surface area (Å²) in [4.78, 5) is 27.4. The van der Waals surface area contributed by atoms with E-state index in [4.69, 9.17) is 5.11 Å². The number of imidazole rings is 1. The molecule has 0 fully saturated rings. The first-order valence-electron chi connectivity index (χ1n) is 6.08. The summed E-state index contributed by atoms with van der Waals surface area (Å²) in [6.07, 6.45) is 0.518. The number of carboxylic acids is 1. The molecule has 0 bridgehead atoms. The molecule has 1 aromatic carbocycles. The van der Waals surface area contributed by atoms with Gasteiger partial charge in [-0.3, -0.25) is 4.79 Å². The van der Waals surface area contributed by atoms with Crippen molar-refractivity contribution in [3.8, 4) is 0 Å². The molecule has 2 aromatic rings. The molecule has 102 valence electrons. The first-order chi connectivity index (χ1) is 8.88. The van der Waals surface area contributed by atoms with Crippen molar-refractivity contribution in [1.29, 1.82) is 0 Å². The minimum absolute atomic E-state index is 0.237. The minimum Gasteiger partial charge on any atom is -0.481 e. The van der Waals surface area contributed by atoms with Crippen LogP contribution in [0.2, 0.25) is 0 Å². The van der Waals surface area contributed by atoms with E-state index in [1.54, 1.807) is 19.9 Å². The fourth-order valence-corrected chi connectivity index (χ4v) is 1.77. The molecule has 1 heterocycles. The van der Waals surface area contributed by atoms with Crippen molar-refractivity contribution in [2.45, 2.75) is 20.3 Å². The number of aromatic amines is 2. The summed E-state index contributed by atoms with van der Waals surface area (Å²) in [6, 6.07) is 5.47. The van der Waals surface area contributed by atoms with Crippen molar-refractivity contribution in [2.24, 2.45) is 5.41 Å². The van der Waals surface area contributed by atoms with E-state index < -0.39 is 11.4 Å². The molecule has 0 spiro atoms. The van der Waals surface area contributed by atoms with E-state index in [2.05, 4.69) is 15.3 Å². The van der Waals surface area contributed by atoms with E-state index in [-0.39, 0.29) is 5.69 Å². The zero-order chi connectivity index (χ0) is 14.0. The van der Waals surface area contributed by atoms with E-state index in [1.807, 2.05) is 12.1 Å². The van der Waals surface area contributed by atoms with Crippen molar-refractivity contribution in [3.05, 3.63) is 28.7 Å². The van der Waals surface area contributed by atoms with Gasteiger partial charge < -0.3 is 20.4 Å². The zero-order valence-electron chi connectivity index (χ0n) is 10.9. The highest BCUT2D eigenvalue weighted by Gasteiger charge is 2.26. The van der Waals surface area contributed by atoms with Gasteiger partial charge in [-0.05, 0) is 38.5 Å². The van der Waals surface area contributed by atoms with Crippen molar-refractivity contribution in [1.82, 2.24) is 9.97 Å². The third-order valence-electron chi connectivity index (χ3n) is 3.17. The third-order valence-corrected chi connectivity index (χ3v) is 3.17. The second-order valence-corrected chi connectivity index (χ2v) is 5.21. The first-order valence-corrected chi connectivity index (χ1v) is 6.08. The van der Waals surface area contributed by atoms with E-state index in [1.165, 1.54) is 0 Å². The lowest BCUT2D eigenvalue weighted by molar-refractivity contribution is -0.147. The van der Waals surface area contributed by atoms with Crippen LogP contribution in [0.15, 0.2) is 23.0 Å². The van der Waals surface area contributed by atoms with Crippen LogP contribution in [0, 0.1) is 5.41 Å². The Morgan fingerprint density at radius 2 is 2.00 bits per heavy atom. The Labute approximate surface area is 109 Å². The Balaban J connectivity index is 2.02. The predicted molar refractivity (Wildman–Crippen MR) is 73.4 cm³/mol. The molecule has 19 heavy (non-hydrogen) atoms. The van der Waals surface area contributed by atoms with Crippen molar-refractivity contribution >= 4 is 22.7 Å². The number of carbonyl (C=O) groups is 1. The van der Waals surface area contributed by atoms with Crippen LogP contribution in [0.1, 0.15) is 20.3 Å². The molecule has 0 saturated carbocycles. The summed E-state index contributed by atoms with van der Waals surface area (Å²) in [7, 11) is 0. The first kappa shape index (κ1) is 13.2. The van der Waals surface area contributed by atoms with Gasteiger partial charge in [0.25, 0.3) is 0 Å². The molecular formula is C13H17N3O3. The molecule has 2 rings (SSSR count). The number of hydrogen-bond donors (Lipinski definition) is 4. The van der Waals surface area contributed by atoms with E-state index in [0.717, 1.165) is 16.7 Å². The molecule has 0 radical (unpaired) electrons. The number of carboxylic acid groups (broad SMARTS) is 1. The van der Waals surface area contributed by atoms with Gasteiger partial charge in [0, 0.05) is 12.2 Å². The summed E-state index contributed by atoms with van der Waals surface area (Å²) >= 11 is 0. The molecule has 0 aliphatic carbocycles. The highest BCUT2D eigenvalue weighted by atomic mass is 16.4. The maximum atomic E-state index is 11.1. The summed E-state index contributed by atoms with van der Waals surface area (Å²) in [5.41, 5.74) is 1.34. The number of fused-ring (bicyclic) bond motifs is 1. The summed E-state index contributed by atoms with van der Waals surface area (Å²) < 4.78 is 0. The molecule has 1 aromatic heterocycles. The fraction of sp³-hybridized carbons (Fsp3) is 0.385. The average molecular weight is 263 g/mol. The van der Waals surface area contributed by atoms with Gasteiger partial charge >= 0.3 is 11.7 Å². The van der Waals surface area contributed by atoms with Crippen LogP contribution in [-0.2, 0) is 4.79 Å².